The lowest BCUT2D eigenvalue weighted by atomic mass is 10.0. The second-order valence-corrected chi connectivity index (χ2v) is 6.29. The Morgan fingerprint density at radius 2 is 1.65 bits per heavy atom. The molecule has 4 heteroatoms. The minimum Gasteiger partial charge on any atom is -0.331 e. The lowest BCUT2D eigenvalue weighted by Gasteiger charge is -2.12. The smallest absolute Gasteiger partial charge is 0.191 e. The first-order valence-electron chi connectivity index (χ1n) is 7.62. The average molecular weight is 325 g/mol. The van der Waals surface area contributed by atoms with Crippen molar-refractivity contribution in [3.8, 4) is 0 Å². The first-order chi connectivity index (χ1) is 10.9. The summed E-state index contributed by atoms with van der Waals surface area (Å²) in [5.74, 6) is 0. The number of rotatable bonds is 3. The van der Waals surface area contributed by atoms with Gasteiger partial charge in [0.25, 0.3) is 0 Å². The van der Waals surface area contributed by atoms with Gasteiger partial charge in [-0.2, -0.15) is 5.10 Å². The molecule has 0 saturated carbocycles. The van der Waals surface area contributed by atoms with Gasteiger partial charge in [-0.3, -0.25) is 5.43 Å². The zero-order valence-corrected chi connectivity index (χ0v) is 15.1. The van der Waals surface area contributed by atoms with Crippen LogP contribution in [0.1, 0.15) is 33.4 Å². The molecule has 120 valence electrons. The van der Waals surface area contributed by atoms with Gasteiger partial charge in [0.1, 0.15) is 0 Å². The largest absolute Gasteiger partial charge is 0.331 e. The number of aryl methyl sites for hydroxylation is 4. The van der Waals surface area contributed by atoms with E-state index in [1.165, 1.54) is 27.8 Å². The van der Waals surface area contributed by atoms with E-state index < -0.39 is 0 Å². The normalized spacial score (nSPS) is 10.8. The molecule has 3 nitrogen and oxygen atoms in total. The number of anilines is 1. The van der Waals surface area contributed by atoms with Crippen LogP contribution in [0.15, 0.2) is 35.4 Å². The fraction of sp³-hybridized carbons (Fsp3) is 0.263. The van der Waals surface area contributed by atoms with Gasteiger partial charge in [0.05, 0.1) is 6.21 Å². The first kappa shape index (κ1) is 17.2. The number of nitrogens with one attached hydrogen (secondary N) is 2. The molecular weight excluding hydrogens is 302 g/mol. The van der Waals surface area contributed by atoms with E-state index in [0.717, 1.165) is 11.3 Å². The topological polar surface area (TPSA) is 36.4 Å². The van der Waals surface area contributed by atoms with E-state index in [9.17, 15) is 0 Å². The van der Waals surface area contributed by atoms with Crippen LogP contribution in [0.25, 0.3) is 0 Å². The summed E-state index contributed by atoms with van der Waals surface area (Å²) in [7, 11) is 0. The molecule has 0 radical (unpaired) electrons. The van der Waals surface area contributed by atoms with Crippen molar-refractivity contribution in [3.63, 3.8) is 0 Å². The van der Waals surface area contributed by atoms with Crippen molar-refractivity contribution >= 4 is 29.2 Å². The van der Waals surface area contributed by atoms with Crippen molar-refractivity contribution in [2.75, 3.05) is 5.32 Å². The van der Waals surface area contributed by atoms with Gasteiger partial charge in [-0.15, -0.1) is 0 Å². The Kier molecular flexibility index (Phi) is 5.50. The molecule has 2 aromatic carbocycles. The maximum absolute atomic E-state index is 5.30. The Hall–Kier alpha value is -2.20. The molecule has 0 fully saturated rings. The summed E-state index contributed by atoms with van der Waals surface area (Å²) in [5.41, 5.74) is 11.1. The fourth-order valence-corrected chi connectivity index (χ4v) is 2.75. The van der Waals surface area contributed by atoms with Crippen LogP contribution in [0.2, 0.25) is 0 Å². The number of nitrogens with zero attached hydrogens (tertiary/aromatic N) is 1. The maximum atomic E-state index is 5.30. The van der Waals surface area contributed by atoms with Gasteiger partial charge >= 0.3 is 0 Å². The van der Waals surface area contributed by atoms with Crippen molar-refractivity contribution < 1.29 is 0 Å². The molecule has 0 saturated heterocycles. The van der Waals surface area contributed by atoms with Crippen molar-refractivity contribution in [3.05, 3.63) is 63.7 Å². The van der Waals surface area contributed by atoms with Gasteiger partial charge in [0.2, 0.25) is 0 Å². The third-order valence-electron chi connectivity index (χ3n) is 3.95. The third-order valence-corrected chi connectivity index (χ3v) is 4.14. The molecule has 0 unspecified atom stereocenters. The third kappa shape index (κ3) is 4.39. The van der Waals surface area contributed by atoms with Gasteiger partial charge in [0.15, 0.2) is 5.11 Å². The molecule has 23 heavy (non-hydrogen) atoms. The van der Waals surface area contributed by atoms with E-state index in [1.807, 2.05) is 18.3 Å². The molecule has 0 spiro atoms. The Bertz CT molecular complexity index is 740. The number of hydrogen-bond donors (Lipinski definition) is 2. The van der Waals surface area contributed by atoms with Crippen molar-refractivity contribution in [1.82, 2.24) is 5.43 Å². The van der Waals surface area contributed by atoms with Crippen molar-refractivity contribution in [2.45, 2.75) is 34.6 Å². The Labute approximate surface area is 143 Å². The van der Waals surface area contributed by atoms with E-state index in [0.29, 0.717) is 5.11 Å². The molecule has 0 atom stereocenters. The van der Waals surface area contributed by atoms with Crippen LogP contribution in [-0.4, -0.2) is 11.3 Å². The minimum atomic E-state index is 0.484. The number of benzene rings is 2. The zero-order valence-electron chi connectivity index (χ0n) is 14.3. The van der Waals surface area contributed by atoms with Crippen molar-refractivity contribution in [1.29, 1.82) is 0 Å². The molecule has 0 amide bonds. The molecule has 0 aromatic heterocycles. The quantitative estimate of drug-likeness (QED) is 0.494. The first-order valence-corrected chi connectivity index (χ1v) is 8.03. The Morgan fingerprint density at radius 1 is 1.00 bits per heavy atom. The van der Waals surface area contributed by atoms with Crippen LogP contribution in [0, 0.1) is 34.6 Å². The zero-order chi connectivity index (χ0) is 17.0. The monoisotopic (exact) mass is 325 g/mol. The maximum Gasteiger partial charge on any atom is 0.191 e. The summed E-state index contributed by atoms with van der Waals surface area (Å²) < 4.78 is 0. The van der Waals surface area contributed by atoms with Crippen molar-refractivity contribution in [2.24, 2.45) is 5.10 Å². The van der Waals surface area contributed by atoms with Gasteiger partial charge in [0, 0.05) is 11.3 Å². The van der Waals surface area contributed by atoms with Gasteiger partial charge < -0.3 is 5.32 Å². The summed E-state index contributed by atoms with van der Waals surface area (Å²) in [6.07, 6.45) is 1.82. The van der Waals surface area contributed by atoms with Gasteiger partial charge in [-0.25, -0.2) is 0 Å². The SMILES string of the molecule is Cc1cc(C)c(/C=N\NC(=S)Nc2cccc(C)c2C)c(C)c1. The molecular formula is C19H23N3S. The number of hydrazone groups is 1. The minimum absolute atomic E-state index is 0.484. The van der Waals surface area contributed by atoms with E-state index in [4.69, 9.17) is 12.2 Å². The van der Waals surface area contributed by atoms with E-state index in [1.54, 1.807) is 0 Å². The summed E-state index contributed by atoms with van der Waals surface area (Å²) in [4.78, 5) is 0. The lowest BCUT2D eigenvalue weighted by molar-refractivity contribution is 1.05. The summed E-state index contributed by atoms with van der Waals surface area (Å²) in [6, 6.07) is 10.4. The summed E-state index contributed by atoms with van der Waals surface area (Å²) >= 11 is 5.30. The standard InChI is InChI=1S/C19H23N3S/c1-12-9-14(3)17(15(4)10-12)11-20-22-19(23)21-18-8-6-7-13(2)16(18)5/h6-11H,1-5H3,(H2,21,22,23)/b20-11-. The van der Waals surface area contributed by atoms with Crippen LogP contribution < -0.4 is 10.7 Å². The molecule has 0 aliphatic heterocycles. The predicted octanol–water partition coefficient (Wildman–Crippen LogP) is 4.55. The van der Waals surface area contributed by atoms with Crippen LogP contribution in [0.3, 0.4) is 0 Å². The van der Waals surface area contributed by atoms with Crippen LogP contribution in [-0.2, 0) is 0 Å². The van der Waals surface area contributed by atoms with E-state index >= 15 is 0 Å². The molecule has 2 rings (SSSR count). The van der Waals surface area contributed by atoms with Crippen LogP contribution in [0.4, 0.5) is 5.69 Å². The predicted molar refractivity (Wildman–Crippen MR) is 104 cm³/mol. The Morgan fingerprint density at radius 3 is 2.30 bits per heavy atom. The molecule has 0 heterocycles. The molecule has 0 bridgehead atoms. The number of thiocarbonyl (C=S) groups is 1. The fourth-order valence-electron chi connectivity index (χ4n) is 2.59. The van der Waals surface area contributed by atoms with E-state index in [-0.39, 0.29) is 0 Å². The second kappa shape index (κ2) is 7.38. The van der Waals surface area contributed by atoms with Crippen LogP contribution in [0.5, 0.6) is 0 Å². The molecule has 0 aliphatic carbocycles. The highest BCUT2D eigenvalue weighted by molar-refractivity contribution is 7.80. The lowest BCUT2D eigenvalue weighted by Crippen LogP contribution is -2.24. The summed E-state index contributed by atoms with van der Waals surface area (Å²) in [5, 5.41) is 7.93. The molecule has 2 aromatic rings. The molecule has 0 aliphatic rings. The number of hydrogen-bond acceptors (Lipinski definition) is 2. The van der Waals surface area contributed by atoms with Gasteiger partial charge in [-0.1, -0.05) is 29.8 Å². The van der Waals surface area contributed by atoms with Crippen LogP contribution >= 0.6 is 12.2 Å². The summed E-state index contributed by atoms with van der Waals surface area (Å²) in [6.45, 7) is 10.4. The van der Waals surface area contributed by atoms with E-state index in [2.05, 4.69) is 68.7 Å². The highest BCUT2D eigenvalue weighted by Crippen LogP contribution is 2.17. The molecule has 2 N–H and O–H groups in total. The average Bonchev–Trinajstić information content (AvgIpc) is 2.46. The van der Waals surface area contributed by atoms with Gasteiger partial charge in [-0.05, 0) is 75.2 Å². The Balaban J connectivity index is 2.03. The highest BCUT2D eigenvalue weighted by Gasteiger charge is 2.03. The second-order valence-electron chi connectivity index (χ2n) is 5.88. The highest BCUT2D eigenvalue weighted by atomic mass is 32.1.